The molecule has 0 aliphatic heterocycles. The van der Waals surface area contributed by atoms with Crippen molar-refractivity contribution in [3.05, 3.63) is 58.6 Å². The molecule has 0 spiro atoms. The zero-order valence-corrected chi connectivity index (χ0v) is 11.2. The Kier molecular flexibility index (Phi) is 4.24. The lowest BCUT2D eigenvalue weighted by atomic mass is 10.2. The second-order valence-corrected chi connectivity index (χ2v) is 4.51. The molecule has 104 valence electrons. The number of hydrogen-bond acceptors (Lipinski definition) is 3. The van der Waals surface area contributed by atoms with Gasteiger partial charge in [0.1, 0.15) is 22.5 Å². The molecule has 0 N–H and O–H groups in total. The molecular weight excluding hydrogens is 288 g/mol. The molecule has 0 saturated carbocycles. The molecule has 20 heavy (non-hydrogen) atoms. The molecule has 2 aromatic rings. The summed E-state index contributed by atoms with van der Waals surface area (Å²) in [6.45, 7) is -0.00471. The van der Waals surface area contributed by atoms with Crippen LogP contribution < -0.4 is 0 Å². The van der Waals surface area contributed by atoms with Crippen LogP contribution in [0.5, 0.6) is 0 Å². The molecule has 0 atom stereocenters. The molecule has 0 aliphatic rings. The fraction of sp³-hybridized carbons (Fsp3) is 0.154. The lowest BCUT2D eigenvalue weighted by Gasteiger charge is -2.17. The monoisotopic (exact) mass is 297 g/mol. The third-order valence-corrected chi connectivity index (χ3v) is 2.80. The van der Waals surface area contributed by atoms with Gasteiger partial charge in [0.25, 0.3) is 5.91 Å². The lowest BCUT2D eigenvalue weighted by molar-refractivity contribution is 0.0777. The first-order valence-electron chi connectivity index (χ1n) is 5.64. The van der Waals surface area contributed by atoms with E-state index in [0.29, 0.717) is 0 Å². The minimum Gasteiger partial charge on any atom is -0.336 e. The van der Waals surface area contributed by atoms with Crippen LogP contribution >= 0.6 is 11.6 Å². The third-order valence-electron chi connectivity index (χ3n) is 2.61. The Morgan fingerprint density at radius 2 is 2.05 bits per heavy atom. The van der Waals surface area contributed by atoms with Gasteiger partial charge in [-0.1, -0.05) is 17.7 Å². The Labute approximate surface area is 119 Å². The lowest BCUT2D eigenvalue weighted by Crippen LogP contribution is -2.27. The standard InChI is InChI=1S/C13H10ClF2N3O/c1-19(7-8-2-3-9(15)4-10(8)16)13(20)11-5-18-12(14)6-17-11/h2-6H,7H2,1H3. The van der Waals surface area contributed by atoms with Crippen molar-refractivity contribution < 1.29 is 13.6 Å². The van der Waals surface area contributed by atoms with Crippen molar-refractivity contribution in [1.29, 1.82) is 0 Å². The molecule has 1 amide bonds. The topological polar surface area (TPSA) is 46.1 Å². The third kappa shape index (κ3) is 3.27. The normalized spacial score (nSPS) is 10.4. The number of halogens is 3. The highest BCUT2D eigenvalue weighted by atomic mass is 35.5. The van der Waals surface area contributed by atoms with Crippen molar-refractivity contribution in [3.8, 4) is 0 Å². The summed E-state index contributed by atoms with van der Waals surface area (Å²) in [5.74, 6) is -1.80. The van der Waals surface area contributed by atoms with Crippen LogP contribution in [0.1, 0.15) is 16.1 Å². The Morgan fingerprint density at radius 3 is 2.65 bits per heavy atom. The Balaban J connectivity index is 2.13. The number of carbonyl (C=O) groups excluding carboxylic acids is 1. The minimum atomic E-state index is -0.702. The maximum absolute atomic E-state index is 13.5. The summed E-state index contributed by atoms with van der Waals surface area (Å²) in [4.78, 5) is 20.9. The van der Waals surface area contributed by atoms with Gasteiger partial charge in [-0.25, -0.2) is 18.7 Å². The summed E-state index contributed by atoms with van der Waals surface area (Å²) >= 11 is 5.58. The molecule has 0 saturated heterocycles. The average molecular weight is 298 g/mol. The fourth-order valence-electron chi connectivity index (χ4n) is 1.60. The maximum atomic E-state index is 13.5. The van der Waals surface area contributed by atoms with E-state index in [9.17, 15) is 13.6 Å². The van der Waals surface area contributed by atoms with Crippen molar-refractivity contribution in [2.45, 2.75) is 6.54 Å². The van der Waals surface area contributed by atoms with Gasteiger partial charge in [-0.2, -0.15) is 0 Å². The molecule has 1 heterocycles. The molecule has 7 heteroatoms. The van der Waals surface area contributed by atoms with Crippen molar-refractivity contribution >= 4 is 17.5 Å². The molecule has 1 aromatic heterocycles. The van der Waals surface area contributed by atoms with E-state index in [0.717, 1.165) is 12.1 Å². The van der Waals surface area contributed by atoms with E-state index in [-0.39, 0.29) is 23.0 Å². The number of carbonyl (C=O) groups is 1. The molecular formula is C13H10ClF2N3O. The van der Waals surface area contributed by atoms with Crippen molar-refractivity contribution in [1.82, 2.24) is 14.9 Å². The first-order valence-corrected chi connectivity index (χ1v) is 6.02. The highest BCUT2D eigenvalue weighted by Gasteiger charge is 2.15. The second-order valence-electron chi connectivity index (χ2n) is 4.12. The molecule has 2 rings (SSSR count). The summed E-state index contributed by atoms with van der Waals surface area (Å²) in [5.41, 5.74) is 0.309. The predicted octanol–water partition coefficient (Wildman–Crippen LogP) is 2.68. The first kappa shape index (κ1) is 14.3. The van der Waals surface area contributed by atoms with Crippen LogP contribution in [0, 0.1) is 11.6 Å². The molecule has 1 aromatic carbocycles. The summed E-state index contributed by atoms with van der Waals surface area (Å²) in [5, 5.41) is 0.175. The fourth-order valence-corrected chi connectivity index (χ4v) is 1.69. The number of nitrogens with zero attached hydrogens (tertiary/aromatic N) is 3. The summed E-state index contributed by atoms with van der Waals surface area (Å²) in [7, 11) is 1.49. The molecule has 0 unspecified atom stereocenters. The minimum absolute atomic E-state index is 0.00471. The molecule has 0 radical (unpaired) electrons. The van der Waals surface area contributed by atoms with E-state index in [1.54, 1.807) is 0 Å². The van der Waals surface area contributed by atoms with E-state index in [1.165, 1.54) is 30.4 Å². The SMILES string of the molecule is CN(Cc1ccc(F)cc1F)C(=O)c1cnc(Cl)cn1. The van der Waals surface area contributed by atoms with E-state index >= 15 is 0 Å². The molecule has 0 aliphatic carbocycles. The van der Waals surface area contributed by atoms with Crippen LogP contribution in [-0.2, 0) is 6.54 Å². The number of rotatable bonds is 3. The average Bonchev–Trinajstić information content (AvgIpc) is 2.42. The van der Waals surface area contributed by atoms with Gasteiger partial charge < -0.3 is 4.90 Å². The van der Waals surface area contributed by atoms with E-state index in [2.05, 4.69) is 9.97 Å². The van der Waals surface area contributed by atoms with Gasteiger partial charge in [-0.3, -0.25) is 4.79 Å². The van der Waals surface area contributed by atoms with E-state index in [4.69, 9.17) is 11.6 Å². The van der Waals surface area contributed by atoms with E-state index < -0.39 is 17.5 Å². The van der Waals surface area contributed by atoms with Gasteiger partial charge in [-0.15, -0.1) is 0 Å². The van der Waals surface area contributed by atoms with Gasteiger partial charge in [0.05, 0.1) is 12.4 Å². The van der Waals surface area contributed by atoms with Gasteiger partial charge in [0.2, 0.25) is 0 Å². The second kappa shape index (κ2) is 5.92. The molecule has 0 fully saturated rings. The van der Waals surface area contributed by atoms with Crippen molar-refractivity contribution in [2.75, 3.05) is 7.05 Å². The number of benzene rings is 1. The van der Waals surface area contributed by atoms with E-state index in [1.807, 2.05) is 0 Å². The predicted molar refractivity (Wildman–Crippen MR) is 69.2 cm³/mol. The number of hydrogen-bond donors (Lipinski definition) is 0. The van der Waals surface area contributed by atoms with Crippen LogP contribution in [0.3, 0.4) is 0 Å². The zero-order valence-electron chi connectivity index (χ0n) is 10.5. The largest absolute Gasteiger partial charge is 0.336 e. The van der Waals surface area contributed by atoms with Crippen LogP contribution in [0.4, 0.5) is 8.78 Å². The van der Waals surface area contributed by atoms with Crippen LogP contribution in [0.15, 0.2) is 30.6 Å². The first-order chi connectivity index (χ1) is 9.47. The molecule has 0 bridgehead atoms. The quantitative estimate of drug-likeness (QED) is 0.875. The van der Waals surface area contributed by atoms with Crippen LogP contribution in [-0.4, -0.2) is 27.8 Å². The summed E-state index contributed by atoms with van der Waals surface area (Å²) < 4.78 is 26.3. The summed E-state index contributed by atoms with van der Waals surface area (Å²) in [6, 6.07) is 3.20. The van der Waals surface area contributed by atoms with Crippen LogP contribution in [0.25, 0.3) is 0 Å². The van der Waals surface area contributed by atoms with Crippen molar-refractivity contribution in [2.24, 2.45) is 0 Å². The van der Waals surface area contributed by atoms with Gasteiger partial charge in [0.15, 0.2) is 0 Å². The van der Waals surface area contributed by atoms with Gasteiger partial charge in [0, 0.05) is 25.2 Å². The maximum Gasteiger partial charge on any atom is 0.274 e. The Morgan fingerprint density at radius 1 is 1.30 bits per heavy atom. The summed E-state index contributed by atoms with van der Waals surface area (Å²) in [6.07, 6.45) is 2.49. The molecule has 4 nitrogen and oxygen atoms in total. The van der Waals surface area contributed by atoms with Crippen LogP contribution in [0.2, 0.25) is 5.15 Å². The number of amides is 1. The number of aromatic nitrogens is 2. The van der Waals surface area contributed by atoms with Crippen molar-refractivity contribution in [3.63, 3.8) is 0 Å². The zero-order chi connectivity index (χ0) is 14.7. The van der Waals surface area contributed by atoms with Gasteiger partial charge >= 0.3 is 0 Å². The Hall–Kier alpha value is -2.08. The highest BCUT2D eigenvalue weighted by molar-refractivity contribution is 6.29. The Bertz CT molecular complexity index is 634. The smallest absolute Gasteiger partial charge is 0.274 e. The van der Waals surface area contributed by atoms with Gasteiger partial charge in [-0.05, 0) is 6.07 Å². The highest BCUT2D eigenvalue weighted by Crippen LogP contribution is 2.13.